The summed E-state index contributed by atoms with van der Waals surface area (Å²) in [4.78, 5) is 0. The van der Waals surface area contributed by atoms with Crippen molar-refractivity contribution >= 4 is 0 Å². The summed E-state index contributed by atoms with van der Waals surface area (Å²) >= 11 is 0. The Morgan fingerprint density at radius 1 is 0.846 bits per heavy atom. The van der Waals surface area contributed by atoms with E-state index in [0.717, 1.165) is 16.7 Å². The van der Waals surface area contributed by atoms with E-state index in [0.29, 0.717) is 5.75 Å². The molecule has 0 heterocycles. The lowest BCUT2D eigenvalue weighted by Crippen LogP contribution is -1.96. The molecule has 0 aromatic heterocycles. The zero-order valence-corrected chi connectivity index (χ0v) is 8.86. The number of phenolic OH excluding ortho intramolecular Hbond substituents is 1. The van der Waals surface area contributed by atoms with Crippen LogP contribution < -0.4 is 4.74 Å². The summed E-state index contributed by atoms with van der Waals surface area (Å²) in [5, 5.41) is 9.76. The van der Waals surface area contributed by atoms with E-state index in [2.05, 4.69) is 0 Å². The van der Waals surface area contributed by atoms with Crippen molar-refractivity contribution in [1.82, 2.24) is 0 Å². The second-order valence-electron chi connectivity index (χ2n) is 3.38. The molecule has 0 atom stereocenters. The normalized spacial score (nSPS) is 10.2. The summed E-state index contributed by atoms with van der Waals surface area (Å²) in [6, 6.07) is 0. The van der Waals surface area contributed by atoms with Gasteiger partial charge in [-0.1, -0.05) is 0 Å². The van der Waals surface area contributed by atoms with Crippen molar-refractivity contribution in [2.75, 3.05) is 7.11 Å². The molecule has 0 bridgehead atoms. The molecule has 0 fully saturated rings. The van der Waals surface area contributed by atoms with Gasteiger partial charge in [-0.3, -0.25) is 0 Å². The highest BCUT2D eigenvalue weighted by Crippen LogP contribution is 2.37. The first-order valence-corrected chi connectivity index (χ1v) is 4.34. The van der Waals surface area contributed by atoms with Crippen LogP contribution in [0.15, 0.2) is 0 Å². The Labute approximate surface area is 79.2 Å². The molecular formula is C11H16O2. The Kier molecular flexibility index (Phi) is 2.50. The maximum atomic E-state index is 9.76. The second kappa shape index (κ2) is 3.29. The topological polar surface area (TPSA) is 29.5 Å². The molecule has 0 radical (unpaired) electrons. The lowest BCUT2D eigenvalue weighted by atomic mass is 9.97. The van der Waals surface area contributed by atoms with Gasteiger partial charge in [0.15, 0.2) is 11.5 Å². The molecule has 1 rings (SSSR count). The van der Waals surface area contributed by atoms with E-state index in [4.69, 9.17) is 4.74 Å². The number of benzene rings is 1. The lowest BCUT2D eigenvalue weighted by molar-refractivity contribution is 0.368. The van der Waals surface area contributed by atoms with Gasteiger partial charge >= 0.3 is 0 Å². The highest BCUT2D eigenvalue weighted by Gasteiger charge is 2.14. The van der Waals surface area contributed by atoms with Crippen LogP contribution in [-0.2, 0) is 0 Å². The van der Waals surface area contributed by atoms with Crippen LogP contribution in [0, 0.1) is 27.7 Å². The molecule has 72 valence electrons. The average Bonchev–Trinajstić information content (AvgIpc) is 2.13. The Balaban J connectivity index is 3.56. The molecule has 0 unspecified atom stereocenters. The number of rotatable bonds is 1. The van der Waals surface area contributed by atoms with Crippen LogP contribution in [0.25, 0.3) is 0 Å². The van der Waals surface area contributed by atoms with Crippen molar-refractivity contribution < 1.29 is 9.84 Å². The third-order valence-corrected chi connectivity index (χ3v) is 2.80. The quantitative estimate of drug-likeness (QED) is 0.720. The van der Waals surface area contributed by atoms with Crippen molar-refractivity contribution in [3.8, 4) is 11.5 Å². The summed E-state index contributed by atoms with van der Waals surface area (Å²) in [6.07, 6.45) is 0. The van der Waals surface area contributed by atoms with Gasteiger partial charge in [0.2, 0.25) is 0 Å². The molecule has 0 spiro atoms. The minimum atomic E-state index is 0.267. The maximum Gasteiger partial charge on any atom is 0.163 e. The van der Waals surface area contributed by atoms with Crippen LogP contribution in [0.4, 0.5) is 0 Å². The van der Waals surface area contributed by atoms with Gasteiger partial charge in [0, 0.05) is 0 Å². The molecule has 2 nitrogen and oxygen atoms in total. The standard InChI is InChI=1S/C11H16O2/c1-6-7(2)9(4)11(13-5)10(12)8(6)3/h12H,1-5H3. The molecule has 1 aromatic carbocycles. The molecular weight excluding hydrogens is 164 g/mol. The summed E-state index contributed by atoms with van der Waals surface area (Å²) in [7, 11) is 1.58. The minimum absolute atomic E-state index is 0.267. The Hall–Kier alpha value is -1.18. The van der Waals surface area contributed by atoms with Crippen LogP contribution in [0.5, 0.6) is 11.5 Å². The third kappa shape index (κ3) is 1.37. The number of hydrogen-bond acceptors (Lipinski definition) is 2. The molecule has 0 saturated heterocycles. The van der Waals surface area contributed by atoms with Crippen LogP contribution in [-0.4, -0.2) is 12.2 Å². The Bertz CT molecular complexity index is 311. The number of ether oxygens (including phenoxy) is 1. The highest BCUT2D eigenvalue weighted by molar-refractivity contribution is 5.57. The average molecular weight is 180 g/mol. The predicted octanol–water partition coefficient (Wildman–Crippen LogP) is 2.63. The van der Waals surface area contributed by atoms with Gasteiger partial charge in [0.05, 0.1) is 7.11 Å². The highest BCUT2D eigenvalue weighted by atomic mass is 16.5. The fraction of sp³-hybridized carbons (Fsp3) is 0.455. The second-order valence-corrected chi connectivity index (χ2v) is 3.38. The smallest absolute Gasteiger partial charge is 0.163 e. The van der Waals surface area contributed by atoms with Crippen LogP contribution in [0.1, 0.15) is 22.3 Å². The van der Waals surface area contributed by atoms with Crippen molar-refractivity contribution in [3.63, 3.8) is 0 Å². The van der Waals surface area contributed by atoms with Gasteiger partial charge in [-0.2, -0.15) is 0 Å². The molecule has 0 amide bonds. The Morgan fingerprint density at radius 2 is 1.31 bits per heavy atom. The largest absolute Gasteiger partial charge is 0.504 e. The van der Waals surface area contributed by atoms with Crippen molar-refractivity contribution in [3.05, 3.63) is 22.3 Å². The first-order valence-electron chi connectivity index (χ1n) is 4.34. The van der Waals surface area contributed by atoms with E-state index >= 15 is 0 Å². The van der Waals surface area contributed by atoms with Gasteiger partial charge in [-0.05, 0) is 49.9 Å². The van der Waals surface area contributed by atoms with Crippen LogP contribution in [0.2, 0.25) is 0 Å². The summed E-state index contributed by atoms with van der Waals surface area (Å²) in [5.74, 6) is 0.865. The van der Waals surface area contributed by atoms with E-state index in [9.17, 15) is 5.11 Å². The molecule has 1 N–H and O–H groups in total. The number of phenols is 1. The first-order chi connectivity index (χ1) is 6.00. The van der Waals surface area contributed by atoms with E-state index in [1.54, 1.807) is 7.11 Å². The third-order valence-electron chi connectivity index (χ3n) is 2.80. The van der Waals surface area contributed by atoms with Crippen molar-refractivity contribution in [1.29, 1.82) is 0 Å². The SMILES string of the molecule is COc1c(C)c(C)c(C)c(C)c1O. The molecule has 0 saturated carbocycles. The summed E-state index contributed by atoms with van der Waals surface area (Å²) in [6.45, 7) is 7.91. The predicted molar refractivity (Wildman–Crippen MR) is 53.6 cm³/mol. The fourth-order valence-corrected chi connectivity index (χ4v) is 1.51. The van der Waals surface area contributed by atoms with Crippen molar-refractivity contribution in [2.24, 2.45) is 0 Å². The number of methoxy groups -OCH3 is 1. The van der Waals surface area contributed by atoms with Gasteiger partial charge in [0.25, 0.3) is 0 Å². The van der Waals surface area contributed by atoms with Crippen LogP contribution >= 0.6 is 0 Å². The van der Waals surface area contributed by atoms with Gasteiger partial charge in [-0.15, -0.1) is 0 Å². The number of hydrogen-bond donors (Lipinski definition) is 1. The maximum absolute atomic E-state index is 9.76. The van der Waals surface area contributed by atoms with Gasteiger partial charge < -0.3 is 9.84 Å². The number of aromatic hydroxyl groups is 1. The zero-order valence-electron chi connectivity index (χ0n) is 8.86. The van der Waals surface area contributed by atoms with Gasteiger partial charge in [0.1, 0.15) is 0 Å². The molecule has 0 aliphatic rings. The summed E-state index contributed by atoms with van der Waals surface area (Å²) < 4.78 is 5.14. The molecule has 1 aromatic rings. The lowest BCUT2D eigenvalue weighted by Gasteiger charge is -2.15. The molecule has 0 aliphatic heterocycles. The van der Waals surface area contributed by atoms with E-state index in [1.165, 1.54) is 5.56 Å². The molecule has 13 heavy (non-hydrogen) atoms. The van der Waals surface area contributed by atoms with E-state index < -0.39 is 0 Å². The van der Waals surface area contributed by atoms with E-state index in [1.807, 2.05) is 27.7 Å². The summed E-state index contributed by atoms with van der Waals surface area (Å²) in [5.41, 5.74) is 4.24. The van der Waals surface area contributed by atoms with Gasteiger partial charge in [-0.25, -0.2) is 0 Å². The Morgan fingerprint density at radius 3 is 1.77 bits per heavy atom. The molecule has 2 heteroatoms. The molecule has 0 aliphatic carbocycles. The monoisotopic (exact) mass is 180 g/mol. The first kappa shape index (κ1) is 9.90. The van der Waals surface area contributed by atoms with Crippen molar-refractivity contribution in [2.45, 2.75) is 27.7 Å². The van der Waals surface area contributed by atoms with E-state index in [-0.39, 0.29) is 5.75 Å². The fourth-order valence-electron chi connectivity index (χ4n) is 1.51. The van der Waals surface area contributed by atoms with Crippen LogP contribution in [0.3, 0.4) is 0 Å². The zero-order chi connectivity index (χ0) is 10.2. The minimum Gasteiger partial charge on any atom is -0.504 e.